The maximum Gasteiger partial charge on any atom is 0.121 e. The topological polar surface area (TPSA) is 85.0 Å². The molecule has 1 aromatic carbocycles. The Labute approximate surface area is 93.8 Å². The van der Waals surface area contributed by atoms with Gasteiger partial charge in [0.1, 0.15) is 6.67 Å². The van der Waals surface area contributed by atoms with Gasteiger partial charge in [-0.05, 0) is 19.1 Å². The molecule has 6 nitrogen and oxygen atoms in total. The molecule has 0 unspecified atom stereocenters. The Kier molecular flexibility index (Phi) is 2.86. The number of nitrogens with one attached hydrogen (secondary N) is 1. The van der Waals surface area contributed by atoms with Crippen molar-refractivity contribution in [2.45, 2.75) is 13.5 Å². The van der Waals surface area contributed by atoms with E-state index in [2.05, 4.69) is 5.32 Å². The Balaban J connectivity index is 2.49. The smallest absolute Gasteiger partial charge is 0.121 e. The van der Waals surface area contributed by atoms with E-state index in [-0.39, 0.29) is 6.67 Å². The zero-order valence-corrected chi connectivity index (χ0v) is 9.14. The molecule has 0 spiro atoms. The minimum absolute atomic E-state index is 0.0504. The number of nitrogens with zero attached hydrogens (tertiary/aromatic N) is 2. The molecule has 88 valence electrons. The summed E-state index contributed by atoms with van der Waals surface area (Å²) >= 11 is 0. The van der Waals surface area contributed by atoms with Crippen LogP contribution in [0.2, 0.25) is 0 Å². The van der Waals surface area contributed by atoms with Crippen molar-refractivity contribution < 1.29 is 10.4 Å². The first-order valence-corrected chi connectivity index (χ1v) is 5.19. The molecule has 0 fully saturated rings. The van der Waals surface area contributed by atoms with E-state index in [0.717, 1.165) is 27.9 Å². The SMILES string of the molecule is CCNc1ccc(N)c2c1N(O)CN(O)C2. The third-order valence-corrected chi connectivity index (χ3v) is 2.58. The number of nitrogens with two attached hydrogens (primary N) is 1. The van der Waals surface area contributed by atoms with E-state index >= 15 is 0 Å². The molecule has 1 heterocycles. The second-order valence-electron chi connectivity index (χ2n) is 3.77. The Morgan fingerprint density at radius 3 is 2.88 bits per heavy atom. The van der Waals surface area contributed by atoms with Crippen LogP contribution in [-0.2, 0) is 6.54 Å². The van der Waals surface area contributed by atoms with Gasteiger partial charge >= 0.3 is 0 Å². The molecule has 5 N–H and O–H groups in total. The van der Waals surface area contributed by atoms with Crippen molar-refractivity contribution >= 4 is 17.1 Å². The number of hydroxylamine groups is 3. The molecule has 0 radical (unpaired) electrons. The second kappa shape index (κ2) is 4.17. The molecule has 6 heteroatoms. The molecule has 0 aromatic heterocycles. The molecule has 0 bridgehead atoms. The maximum absolute atomic E-state index is 9.80. The van der Waals surface area contributed by atoms with Gasteiger partial charge in [-0.1, -0.05) is 0 Å². The van der Waals surface area contributed by atoms with Gasteiger partial charge in [-0.25, -0.2) is 5.06 Å². The average molecular weight is 224 g/mol. The van der Waals surface area contributed by atoms with Crippen LogP contribution in [0.3, 0.4) is 0 Å². The number of nitrogen functional groups attached to an aromatic ring is 1. The van der Waals surface area contributed by atoms with Crippen LogP contribution >= 0.6 is 0 Å². The molecule has 0 atom stereocenters. The lowest BCUT2D eigenvalue weighted by Crippen LogP contribution is -2.39. The summed E-state index contributed by atoms with van der Waals surface area (Å²) in [6.07, 6.45) is 0. The highest BCUT2D eigenvalue weighted by atomic mass is 16.5. The van der Waals surface area contributed by atoms with Gasteiger partial charge in [0.25, 0.3) is 0 Å². The van der Waals surface area contributed by atoms with Crippen LogP contribution < -0.4 is 16.1 Å². The third kappa shape index (κ3) is 1.78. The first-order chi connectivity index (χ1) is 7.63. The summed E-state index contributed by atoms with van der Waals surface area (Å²) in [6, 6.07) is 3.59. The number of fused-ring (bicyclic) bond motifs is 1. The highest BCUT2D eigenvalue weighted by molar-refractivity contribution is 5.79. The Hall–Kier alpha value is -1.50. The van der Waals surface area contributed by atoms with E-state index in [0.29, 0.717) is 17.9 Å². The van der Waals surface area contributed by atoms with Gasteiger partial charge in [0, 0.05) is 17.8 Å². The van der Waals surface area contributed by atoms with Gasteiger partial charge in [0.2, 0.25) is 0 Å². The normalized spacial score (nSPS) is 16.1. The fourth-order valence-electron chi connectivity index (χ4n) is 1.90. The van der Waals surface area contributed by atoms with Gasteiger partial charge in [-0.2, -0.15) is 5.06 Å². The predicted octanol–water partition coefficient (Wildman–Crippen LogP) is 1.06. The quantitative estimate of drug-likeness (QED) is 0.562. The summed E-state index contributed by atoms with van der Waals surface area (Å²) in [4.78, 5) is 0. The van der Waals surface area contributed by atoms with Crippen LogP contribution in [0.1, 0.15) is 12.5 Å². The zero-order chi connectivity index (χ0) is 11.7. The van der Waals surface area contributed by atoms with Crippen LogP contribution in [0.15, 0.2) is 12.1 Å². The molecule has 0 amide bonds. The molecular weight excluding hydrogens is 208 g/mol. The average Bonchev–Trinajstić information content (AvgIpc) is 2.22. The van der Waals surface area contributed by atoms with Crippen LogP contribution in [0.5, 0.6) is 0 Å². The highest BCUT2D eigenvalue weighted by Gasteiger charge is 2.24. The first kappa shape index (κ1) is 11.0. The monoisotopic (exact) mass is 224 g/mol. The van der Waals surface area contributed by atoms with E-state index in [9.17, 15) is 10.4 Å². The van der Waals surface area contributed by atoms with Crippen molar-refractivity contribution in [3.8, 4) is 0 Å². The third-order valence-electron chi connectivity index (χ3n) is 2.58. The maximum atomic E-state index is 9.80. The molecule has 2 rings (SSSR count). The largest absolute Gasteiger partial charge is 0.398 e. The van der Waals surface area contributed by atoms with Crippen molar-refractivity contribution in [3.05, 3.63) is 17.7 Å². The molecule has 0 saturated heterocycles. The van der Waals surface area contributed by atoms with Crippen LogP contribution in [-0.4, -0.2) is 28.7 Å². The summed E-state index contributed by atoms with van der Waals surface area (Å²) in [5.41, 5.74) is 8.59. The van der Waals surface area contributed by atoms with Crippen molar-refractivity contribution in [3.63, 3.8) is 0 Å². The lowest BCUT2D eigenvalue weighted by atomic mass is 10.1. The Morgan fingerprint density at radius 2 is 2.19 bits per heavy atom. The molecular formula is C10H16N4O2. The minimum atomic E-state index is 0.0504. The van der Waals surface area contributed by atoms with Crippen LogP contribution in [0.25, 0.3) is 0 Å². The fourth-order valence-corrected chi connectivity index (χ4v) is 1.90. The second-order valence-corrected chi connectivity index (χ2v) is 3.77. The molecule has 1 aliphatic rings. The van der Waals surface area contributed by atoms with Crippen molar-refractivity contribution in [1.29, 1.82) is 0 Å². The van der Waals surface area contributed by atoms with Crippen molar-refractivity contribution in [2.75, 3.05) is 29.3 Å². The number of anilines is 3. The van der Waals surface area contributed by atoms with Crippen molar-refractivity contribution in [1.82, 2.24) is 5.06 Å². The van der Waals surface area contributed by atoms with E-state index in [1.807, 2.05) is 13.0 Å². The van der Waals surface area contributed by atoms with Crippen molar-refractivity contribution in [2.24, 2.45) is 0 Å². The van der Waals surface area contributed by atoms with E-state index in [1.165, 1.54) is 0 Å². The first-order valence-electron chi connectivity index (χ1n) is 5.19. The van der Waals surface area contributed by atoms with Gasteiger partial charge < -0.3 is 16.3 Å². The van der Waals surface area contributed by atoms with Crippen LogP contribution in [0, 0.1) is 0 Å². The number of rotatable bonds is 2. The van der Waals surface area contributed by atoms with Crippen LogP contribution in [0.4, 0.5) is 17.1 Å². The van der Waals surface area contributed by atoms with E-state index in [1.54, 1.807) is 6.07 Å². The van der Waals surface area contributed by atoms with Gasteiger partial charge in [-0.15, -0.1) is 0 Å². The standard InChI is InChI=1S/C10H16N4O2/c1-2-12-9-4-3-8(11)7-5-13(15)6-14(16)10(7)9/h3-4,12,15-16H,2,5-6,11H2,1H3. The predicted molar refractivity (Wildman–Crippen MR) is 61.5 cm³/mol. The lowest BCUT2D eigenvalue weighted by molar-refractivity contribution is -0.117. The molecule has 16 heavy (non-hydrogen) atoms. The highest BCUT2D eigenvalue weighted by Crippen LogP contribution is 2.36. The summed E-state index contributed by atoms with van der Waals surface area (Å²) in [6.45, 7) is 3.10. The number of hydrogen-bond donors (Lipinski definition) is 4. The summed E-state index contributed by atoms with van der Waals surface area (Å²) in [5, 5.41) is 24.4. The summed E-state index contributed by atoms with van der Waals surface area (Å²) in [5.74, 6) is 0. The van der Waals surface area contributed by atoms with E-state index < -0.39 is 0 Å². The lowest BCUT2D eigenvalue weighted by Gasteiger charge is -2.33. The Bertz CT molecular complexity index is 397. The minimum Gasteiger partial charge on any atom is -0.398 e. The molecule has 1 aromatic rings. The Morgan fingerprint density at radius 1 is 1.44 bits per heavy atom. The number of hydrogen-bond acceptors (Lipinski definition) is 6. The molecule has 0 saturated carbocycles. The molecule has 0 aliphatic carbocycles. The zero-order valence-electron chi connectivity index (χ0n) is 9.14. The number of benzene rings is 1. The summed E-state index contributed by atoms with van der Waals surface area (Å²) in [7, 11) is 0. The van der Waals surface area contributed by atoms with Gasteiger partial charge in [0.15, 0.2) is 0 Å². The molecule has 1 aliphatic heterocycles. The van der Waals surface area contributed by atoms with Gasteiger partial charge in [-0.3, -0.25) is 5.21 Å². The van der Waals surface area contributed by atoms with E-state index in [4.69, 9.17) is 5.73 Å². The summed E-state index contributed by atoms with van der Waals surface area (Å²) < 4.78 is 0. The van der Waals surface area contributed by atoms with Gasteiger partial charge in [0.05, 0.1) is 17.9 Å². The fraction of sp³-hybridized carbons (Fsp3) is 0.400.